The highest BCUT2D eigenvalue weighted by Crippen LogP contribution is 2.42. The Balaban J connectivity index is 1.76. The number of carbonyl (C=O) groups is 1. The standard InChI is InChI=1S/C24H19ClN2O4S/c1-3-8-30-15-6-4-5-14(11-15)20-19-21(28)16-12-17(25)13(2)10-18(16)31-22(19)23(29)27(20)24-26-7-9-32-24/h4-7,9-12,20H,3,8H2,1-2H3. The molecule has 1 aliphatic heterocycles. The number of fused-ring (bicyclic) bond motifs is 2. The van der Waals surface area contributed by atoms with E-state index in [4.69, 9.17) is 20.8 Å². The Morgan fingerprint density at radius 2 is 2.09 bits per heavy atom. The SMILES string of the molecule is CCCOc1cccc(C2c3c(oc4cc(C)c(Cl)cc4c3=O)C(=O)N2c2nccs2)c1. The molecule has 6 nitrogen and oxygen atoms in total. The van der Waals surface area contributed by atoms with Gasteiger partial charge in [-0.05, 0) is 48.7 Å². The maximum atomic E-state index is 13.6. The molecule has 0 saturated heterocycles. The molecule has 1 amide bonds. The number of carbonyl (C=O) groups excluding carboxylic acids is 1. The smallest absolute Gasteiger partial charge is 0.297 e. The first kappa shape index (κ1) is 20.7. The molecular formula is C24H19ClN2O4S. The number of nitrogens with zero attached hydrogens (tertiary/aromatic N) is 2. The van der Waals surface area contributed by atoms with Crippen molar-refractivity contribution in [1.82, 2.24) is 4.98 Å². The van der Waals surface area contributed by atoms with Crippen LogP contribution in [0, 0.1) is 6.92 Å². The van der Waals surface area contributed by atoms with E-state index >= 15 is 0 Å². The van der Waals surface area contributed by atoms with Crippen LogP contribution in [0.4, 0.5) is 5.13 Å². The molecule has 2 aromatic heterocycles. The molecule has 162 valence electrons. The molecule has 1 atom stereocenters. The third-order valence-corrected chi connectivity index (χ3v) is 6.60. The largest absolute Gasteiger partial charge is 0.494 e. The zero-order valence-electron chi connectivity index (χ0n) is 17.4. The van der Waals surface area contributed by atoms with Gasteiger partial charge in [-0.15, -0.1) is 11.3 Å². The molecular weight excluding hydrogens is 448 g/mol. The number of aromatic nitrogens is 1. The second-order valence-electron chi connectivity index (χ2n) is 7.58. The number of aryl methyl sites for hydroxylation is 1. The van der Waals surface area contributed by atoms with E-state index < -0.39 is 11.9 Å². The number of amides is 1. The summed E-state index contributed by atoms with van der Waals surface area (Å²) < 4.78 is 11.8. The van der Waals surface area contributed by atoms with Gasteiger partial charge in [0, 0.05) is 16.6 Å². The Hall–Kier alpha value is -3.16. The third-order valence-electron chi connectivity index (χ3n) is 5.42. The van der Waals surface area contributed by atoms with Gasteiger partial charge in [0.1, 0.15) is 11.3 Å². The van der Waals surface area contributed by atoms with Crippen LogP contribution in [0.2, 0.25) is 5.02 Å². The minimum absolute atomic E-state index is 0.0318. The lowest BCUT2D eigenvalue weighted by Gasteiger charge is -2.23. The van der Waals surface area contributed by atoms with Crippen LogP contribution in [0.15, 0.2) is 57.2 Å². The van der Waals surface area contributed by atoms with Gasteiger partial charge in [0.15, 0.2) is 10.6 Å². The highest BCUT2D eigenvalue weighted by Gasteiger charge is 2.44. The summed E-state index contributed by atoms with van der Waals surface area (Å²) >= 11 is 7.61. The number of benzene rings is 2. The van der Waals surface area contributed by atoms with E-state index in [9.17, 15) is 9.59 Å². The van der Waals surface area contributed by atoms with Crippen LogP contribution in [0.1, 0.15) is 46.6 Å². The summed E-state index contributed by atoms with van der Waals surface area (Å²) in [5.41, 5.74) is 1.85. The van der Waals surface area contributed by atoms with Crippen LogP contribution in [-0.2, 0) is 0 Å². The second kappa shape index (κ2) is 8.07. The number of halogens is 1. The van der Waals surface area contributed by atoms with Crippen molar-refractivity contribution in [3.05, 3.63) is 85.7 Å². The number of hydrogen-bond donors (Lipinski definition) is 0. The first-order chi connectivity index (χ1) is 15.5. The molecule has 0 aliphatic carbocycles. The Bertz CT molecular complexity index is 1400. The topological polar surface area (TPSA) is 72.6 Å². The maximum Gasteiger partial charge on any atom is 0.297 e. The zero-order valence-corrected chi connectivity index (χ0v) is 19.0. The van der Waals surface area contributed by atoms with Gasteiger partial charge >= 0.3 is 0 Å². The molecule has 0 radical (unpaired) electrons. The lowest BCUT2D eigenvalue weighted by molar-refractivity contribution is 0.0971. The van der Waals surface area contributed by atoms with Gasteiger partial charge in [0.2, 0.25) is 5.76 Å². The second-order valence-corrected chi connectivity index (χ2v) is 8.87. The fraction of sp³-hybridized carbons (Fsp3) is 0.208. The maximum absolute atomic E-state index is 13.6. The van der Waals surface area contributed by atoms with Crippen LogP contribution < -0.4 is 15.1 Å². The lowest BCUT2D eigenvalue weighted by atomic mass is 9.98. The number of rotatable bonds is 5. The first-order valence-corrected chi connectivity index (χ1v) is 11.5. The molecule has 1 aliphatic rings. The van der Waals surface area contributed by atoms with Gasteiger partial charge < -0.3 is 9.15 Å². The van der Waals surface area contributed by atoms with Gasteiger partial charge in [-0.1, -0.05) is 30.7 Å². The summed E-state index contributed by atoms with van der Waals surface area (Å²) in [7, 11) is 0. The van der Waals surface area contributed by atoms with Crippen LogP contribution in [0.5, 0.6) is 5.75 Å². The monoisotopic (exact) mass is 466 g/mol. The quantitative estimate of drug-likeness (QED) is 0.374. The molecule has 0 fully saturated rings. The Kier molecular flexibility index (Phi) is 5.23. The molecule has 0 saturated carbocycles. The van der Waals surface area contributed by atoms with Crippen LogP contribution in [0.25, 0.3) is 11.0 Å². The minimum Gasteiger partial charge on any atom is -0.494 e. The van der Waals surface area contributed by atoms with E-state index in [1.165, 1.54) is 16.2 Å². The number of thiazole rings is 1. The summed E-state index contributed by atoms with van der Waals surface area (Å²) in [4.78, 5) is 33.0. The van der Waals surface area contributed by atoms with E-state index in [0.717, 1.165) is 17.5 Å². The van der Waals surface area contributed by atoms with E-state index in [2.05, 4.69) is 4.98 Å². The lowest BCUT2D eigenvalue weighted by Crippen LogP contribution is -2.29. The minimum atomic E-state index is -0.686. The molecule has 2 aromatic carbocycles. The Morgan fingerprint density at radius 1 is 1.25 bits per heavy atom. The summed E-state index contributed by atoms with van der Waals surface area (Å²) in [5, 5.41) is 3.09. The first-order valence-electron chi connectivity index (χ1n) is 10.2. The van der Waals surface area contributed by atoms with E-state index in [1.54, 1.807) is 23.7 Å². The molecule has 8 heteroatoms. The van der Waals surface area contributed by atoms with Crippen LogP contribution >= 0.6 is 22.9 Å². The summed E-state index contributed by atoms with van der Waals surface area (Å²) in [5.74, 6) is 0.309. The average molecular weight is 467 g/mol. The highest BCUT2D eigenvalue weighted by molar-refractivity contribution is 7.13. The van der Waals surface area contributed by atoms with Crippen LogP contribution in [0.3, 0.4) is 0 Å². The van der Waals surface area contributed by atoms with Gasteiger partial charge in [-0.25, -0.2) is 4.98 Å². The molecule has 3 heterocycles. The summed E-state index contributed by atoms with van der Waals surface area (Å²) in [6.07, 6.45) is 2.50. The van der Waals surface area contributed by atoms with Gasteiger partial charge in [-0.3, -0.25) is 14.5 Å². The molecule has 1 unspecified atom stereocenters. The molecule has 0 N–H and O–H groups in total. The molecule has 5 rings (SSSR count). The molecule has 0 spiro atoms. The fourth-order valence-corrected chi connectivity index (χ4v) is 4.77. The highest BCUT2D eigenvalue weighted by atomic mass is 35.5. The molecule has 4 aromatic rings. The number of ether oxygens (including phenoxy) is 1. The average Bonchev–Trinajstić information content (AvgIpc) is 3.41. The van der Waals surface area contributed by atoms with E-state index in [0.29, 0.717) is 33.5 Å². The van der Waals surface area contributed by atoms with Gasteiger partial charge in [0.25, 0.3) is 5.91 Å². The van der Waals surface area contributed by atoms with Crippen molar-refractivity contribution >= 4 is 44.9 Å². The Labute approximate surface area is 193 Å². The summed E-state index contributed by atoms with van der Waals surface area (Å²) in [6, 6.07) is 10.0. The zero-order chi connectivity index (χ0) is 22.4. The predicted octanol–water partition coefficient (Wildman–Crippen LogP) is 5.75. The fourth-order valence-electron chi connectivity index (χ4n) is 3.94. The van der Waals surface area contributed by atoms with Gasteiger partial charge in [-0.2, -0.15) is 0 Å². The van der Waals surface area contributed by atoms with Gasteiger partial charge in [0.05, 0.1) is 23.6 Å². The van der Waals surface area contributed by atoms with Crippen molar-refractivity contribution < 1.29 is 13.9 Å². The third kappa shape index (κ3) is 3.29. The van der Waals surface area contributed by atoms with Crippen molar-refractivity contribution in [3.8, 4) is 5.75 Å². The van der Waals surface area contributed by atoms with Crippen LogP contribution in [-0.4, -0.2) is 17.5 Å². The van der Waals surface area contributed by atoms with E-state index in [1.807, 2.05) is 38.1 Å². The number of anilines is 1. The summed E-state index contributed by atoms with van der Waals surface area (Å²) in [6.45, 7) is 4.43. The number of hydrogen-bond acceptors (Lipinski definition) is 6. The van der Waals surface area contributed by atoms with Crippen molar-refractivity contribution in [2.75, 3.05) is 11.5 Å². The molecule has 32 heavy (non-hydrogen) atoms. The van der Waals surface area contributed by atoms with Crippen molar-refractivity contribution in [1.29, 1.82) is 0 Å². The predicted molar refractivity (Wildman–Crippen MR) is 125 cm³/mol. The van der Waals surface area contributed by atoms with E-state index in [-0.39, 0.29) is 16.8 Å². The van der Waals surface area contributed by atoms with Crippen molar-refractivity contribution in [2.24, 2.45) is 0 Å². The molecule has 0 bridgehead atoms. The van der Waals surface area contributed by atoms with Crippen molar-refractivity contribution in [2.45, 2.75) is 26.3 Å². The van der Waals surface area contributed by atoms with Crippen molar-refractivity contribution in [3.63, 3.8) is 0 Å². The Morgan fingerprint density at radius 3 is 2.84 bits per heavy atom. The normalized spacial score (nSPS) is 15.4.